The summed E-state index contributed by atoms with van der Waals surface area (Å²) in [6.45, 7) is 1.87. The summed E-state index contributed by atoms with van der Waals surface area (Å²) in [5.41, 5.74) is 1.12. The fourth-order valence-corrected chi connectivity index (χ4v) is 2.37. The number of piperidine rings is 1. The number of aliphatic hydroxyl groups is 1. The predicted molar refractivity (Wildman–Crippen MR) is 67.2 cm³/mol. The molecule has 2 rings (SSSR count). The number of rotatable bonds is 3. The van der Waals surface area contributed by atoms with Crippen LogP contribution in [-0.4, -0.2) is 42.0 Å². The molecular weight excluding hydrogens is 214 g/mol. The number of likely N-dealkylation sites (tertiary alicyclic amines) is 1. The van der Waals surface area contributed by atoms with Crippen molar-refractivity contribution >= 4 is 6.29 Å². The summed E-state index contributed by atoms with van der Waals surface area (Å²) in [7, 11) is 2.08. The summed E-state index contributed by atoms with van der Waals surface area (Å²) in [5, 5.41) is 10.5. The minimum Gasteiger partial charge on any atom is -0.389 e. The fourth-order valence-electron chi connectivity index (χ4n) is 2.37. The molecule has 0 unspecified atom stereocenters. The largest absolute Gasteiger partial charge is 0.389 e. The zero-order valence-corrected chi connectivity index (χ0v) is 10.2. The Labute approximate surface area is 102 Å². The van der Waals surface area contributed by atoms with Crippen molar-refractivity contribution in [2.75, 3.05) is 20.1 Å². The van der Waals surface area contributed by atoms with E-state index in [4.69, 9.17) is 0 Å². The average molecular weight is 233 g/mol. The van der Waals surface area contributed by atoms with Gasteiger partial charge in [-0.25, -0.2) is 0 Å². The highest BCUT2D eigenvalue weighted by atomic mass is 16.3. The number of carbonyl (C=O) groups is 1. The molecule has 0 bridgehead atoms. The second kappa shape index (κ2) is 4.98. The molecule has 0 aromatic heterocycles. The van der Waals surface area contributed by atoms with Crippen LogP contribution in [0.4, 0.5) is 0 Å². The molecule has 0 radical (unpaired) electrons. The van der Waals surface area contributed by atoms with E-state index in [-0.39, 0.29) is 0 Å². The first kappa shape index (κ1) is 12.3. The molecule has 3 heteroatoms. The number of carbonyl (C=O) groups excluding carboxylic acids is 1. The fraction of sp³-hybridized carbons (Fsp3) is 0.500. The van der Waals surface area contributed by atoms with E-state index in [2.05, 4.69) is 11.9 Å². The van der Waals surface area contributed by atoms with Crippen LogP contribution in [0.2, 0.25) is 0 Å². The molecule has 0 atom stereocenters. The number of hydrogen-bond donors (Lipinski definition) is 1. The highest BCUT2D eigenvalue weighted by Crippen LogP contribution is 2.25. The Kier molecular flexibility index (Phi) is 3.60. The van der Waals surface area contributed by atoms with Gasteiger partial charge in [0.05, 0.1) is 5.60 Å². The van der Waals surface area contributed by atoms with E-state index in [9.17, 15) is 9.90 Å². The van der Waals surface area contributed by atoms with Gasteiger partial charge in [0.1, 0.15) is 6.29 Å². The van der Waals surface area contributed by atoms with Crippen molar-refractivity contribution < 1.29 is 9.90 Å². The Morgan fingerprint density at radius 3 is 2.76 bits per heavy atom. The number of benzene rings is 1. The van der Waals surface area contributed by atoms with Crippen LogP contribution in [0.25, 0.3) is 0 Å². The molecule has 0 saturated carbocycles. The minimum atomic E-state index is -0.603. The third-order valence-corrected chi connectivity index (χ3v) is 3.54. The van der Waals surface area contributed by atoms with E-state index in [1.165, 1.54) is 0 Å². The summed E-state index contributed by atoms with van der Waals surface area (Å²) in [6.07, 6.45) is 3.09. The van der Waals surface area contributed by atoms with E-state index in [0.717, 1.165) is 37.8 Å². The summed E-state index contributed by atoms with van der Waals surface area (Å²) in [6, 6.07) is 7.50. The van der Waals surface area contributed by atoms with Crippen LogP contribution in [0.3, 0.4) is 0 Å². The molecule has 1 aromatic rings. The van der Waals surface area contributed by atoms with Gasteiger partial charge in [-0.05, 0) is 31.5 Å². The van der Waals surface area contributed by atoms with Crippen molar-refractivity contribution in [2.24, 2.45) is 0 Å². The Bertz CT molecular complexity index is 395. The first-order chi connectivity index (χ1) is 8.11. The van der Waals surface area contributed by atoms with E-state index in [0.29, 0.717) is 12.0 Å². The van der Waals surface area contributed by atoms with Crippen LogP contribution in [-0.2, 0) is 6.42 Å². The van der Waals surface area contributed by atoms with Crippen molar-refractivity contribution in [1.82, 2.24) is 4.90 Å². The molecule has 92 valence electrons. The van der Waals surface area contributed by atoms with Gasteiger partial charge in [-0.15, -0.1) is 0 Å². The van der Waals surface area contributed by atoms with Gasteiger partial charge in [0, 0.05) is 25.1 Å². The molecule has 1 heterocycles. The van der Waals surface area contributed by atoms with Crippen molar-refractivity contribution in [2.45, 2.75) is 24.9 Å². The molecular formula is C14H19NO2. The molecule has 0 spiro atoms. The van der Waals surface area contributed by atoms with Crippen LogP contribution >= 0.6 is 0 Å². The highest BCUT2D eigenvalue weighted by molar-refractivity contribution is 5.74. The Hall–Kier alpha value is -1.19. The van der Waals surface area contributed by atoms with Gasteiger partial charge in [-0.3, -0.25) is 4.79 Å². The van der Waals surface area contributed by atoms with Gasteiger partial charge < -0.3 is 10.0 Å². The molecule has 1 aliphatic heterocycles. The maximum Gasteiger partial charge on any atom is 0.150 e. The van der Waals surface area contributed by atoms with Crippen molar-refractivity contribution in [3.8, 4) is 0 Å². The molecule has 0 aliphatic carbocycles. The lowest BCUT2D eigenvalue weighted by molar-refractivity contribution is -0.0150. The molecule has 1 N–H and O–H groups in total. The molecule has 0 amide bonds. The minimum absolute atomic E-state index is 0.603. The topological polar surface area (TPSA) is 40.5 Å². The van der Waals surface area contributed by atoms with E-state index in [1.54, 1.807) is 6.07 Å². The van der Waals surface area contributed by atoms with E-state index >= 15 is 0 Å². The Morgan fingerprint density at radius 2 is 2.12 bits per heavy atom. The second-order valence-electron chi connectivity index (χ2n) is 5.07. The Morgan fingerprint density at radius 1 is 1.41 bits per heavy atom. The van der Waals surface area contributed by atoms with Crippen molar-refractivity contribution in [3.63, 3.8) is 0 Å². The molecule has 1 fully saturated rings. The summed E-state index contributed by atoms with van der Waals surface area (Å²) in [5.74, 6) is 0. The lowest BCUT2D eigenvalue weighted by atomic mass is 9.85. The lowest BCUT2D eigenvalue weighted by Gasteiger charge is -2.36. The number of aldehydes is 1. The third-order valence-electron chi connectivity index (χ3n) is 3.54. The molecule has 3 nitrogen and oxygen atoms in total. The van der Waals surface area contributed by atoms with Crippen molar-refractivity contribution in [1.29, 1.82) is 0 Å². The summed E-state index contributed by atoms with van der Waals surface area (Å²) >= 11 is 0. The van der Waals surface area contributed by atoms with Crippen LogP contribution in [0.5, 0.6) is 0 Å². The van der Waals surface area contributed by atoms with Gasteiger partial charge in [0.15, 0.2) is 0 Å². The molecule has 1 saturated heterocycles. The highest BCUT2D eigenvalue weighted by Gasteiger charge is 2.31. The number of hydrogen-bond acceptors (Lipinski definition) is 3. The standard InChI is InChI=1S/C14H19NO2/c1-15-7-5-14(17,6-8-15)10-12-3-2-4-13(9-12)11-16/h2-4,9,11,17H,5-8,10H2,1H3. The van der Waals surface area contributed by atoms with Gasteiger partial charge in [0.2, 0.25) is 0 Å². The normalized spacial score (nSPS) is 20.1. The zero-order valence-electron chi connectivity index (χ0n) is 10.2. The quantitative estimate of drug-likeness (QED) is 0.804. The monoisotopic (exact) mass is 233 g/mol. The van der Waals surface area contributed by atoms with Crippen LogP contribution < -0.4 is 0 Å². The van der Waals surface area contributed by atoms with E-state index < -0.39 is 5.60 Å². The summed E-state index contributed by atoms with van der Waals surface area (Å²) in [4.78, 5) is 12.9. The molecule has 1 aromatic carbocycles. The van der Waals surface area contributed by atoms with Crippen LogP contribution in [0.15, 0.2) is 24.3 Å². The van der Waals surface area contributed by atoms with Crippen LogP contribution in [0, 0.1) is 0 Å². The Balaban J connectivity index is 2.06. The second-order valence-corrected chi connectivity index (χ2v) is 5.07. The van der Waals surface area contributed by atoms with Crippen LogP contribution in [0.1, 0.15) is 28.8 Å². The first-order valence-corrected chi connectivity index (χ1v) is 6.06. The third kappa shape index (κ3) is 3.14. The lowest BCUT2D eigenvalue weighted by Crippen LogP contribution is -2.44. The zero-order chi connectivity index (χ0) is 12.3. The number of nitrogens with zero attached hydrogens (tertiary/aromatic N) is 1. The maximum absolute atomic E-state index is 10.7. The van der Waals surface area contributed by atoms with E-state index in [1.807, 2.05) is 18.2 Å². The van der Waals surface area contributed by atoms with Crippen molar-refractivity contribution in [3.05, 3.63) is 35.4 Å². The maximum atomic E-state index is 10.7. The van der Waals surface area contributed by atoms with Gasteiger partial charge in [0.25, 0.3) is 0 Å². The smallest absolute Gasteiger partial charge is 0.150 e. The van der Waals surface area contributed by atoms with Gasteiger partial charge in [-0.1, -0.05) is 18.2 Å². The average Bonchev–Trinajstić information content (AvgIpc) is 2.33. The first-order valence-electron chi connectivity index (χ1n) is 6.06. The SMILES string of the molecule is CN1CCC(O)(Cc2cccc(C=O)c2)CC1. The van der Waals surface area contributed by atoms with Gasteiger partial charge >= 0.3 is 0 Å². The molecule has 1 aliphatic rings. The predicted octanol–water partition coefficient (Wildman–Crippen LogP) is 1.50. The van der Waals surface area contributed by atoms with Gasteiger partial charge in [-0.2, -0.15) is 0 Å². The molecule has 17 heavy (non-hydrogen) atoms. The summed E-state index contributed by atoms with van der Waals surface area (Å²) < 4.78 is 0.